The van der Waals surface area contributed by atoms with E-state index in [2.05, 4.69) is 21.9 Å². The first-order valence-corrected chi connectivity index (χ1v) is 9.03. The summed E-state index contributed by atoms with van der Waals surface area (Å²) in [6.45, 7) is 3.76. The number of carbonyl (C=O) groups is 2. The first-order chi connectivity index (χ1) is 12.8. The van der Waals surface area contributed by atoms with Gasteiger partial charge >= 0.3 is 0 Å². The van der Waals surface area contributed by atoms with Gasteiger partial charge in [0.05, 0.1) is 0 Å². The minimum absolute atomic E-state index is 0.0454. The van der Waals surface area contributed by atoms with Gasteiger partial charge in [0.1, 0.15) is 0 Å². The quantitative estimate of drug-likeness (QED) is 0.544. The Morgan fingerprint density at radius 3 is 2.19 bits per heavy atom. The first kappa shape index (κ1) is 21.2. The molecule has 142 valence electrons. The second kappa shape index (κ2) is 9.69. The van der Waals surface area contributed by atoms with Crippen LogP contribution in [0.2, 0.25) is 0 Å². The zero-order valence-corrected chi connectivity index (χ0v) is 16.5. The van der Waals surface area contributed by atoms with Gasteiger partial charge in [0, 0.05) is 43.4 Å². The largest absolute Gasteiger partial charge is 0.351 e. The first-order valence-electron chi connectivity index (χ1n) is 7.90. The number of pyridine rings is 2. The average Bonchev–Trinajstić information content (AvgIpc) is 2.65. The number of rotatable bonds is 7. The van der Waals surface area contributed by atoms with Gasteiger partial charge in [-0.15, -0.1) is 6.58 Å². The molecule has 1 N–H and O–H groups in total. The van der Waals surface area contributed by atoms with Crippen molar-refractivity contribution in [1.82, 2.24) is 20.2 Å². The van der Waals surface area contributed by atoms with E-state index in [-0.39, 0.29) is 13.1 Å². The number of nitrogens with zero attached hydrogens (tertiary/aromatic N) is 3. The molecule has 0 radical (unpaired) electrons. The highest BCUT2D eigenvalue weighted by Crippen LogP contribution is 2.35. The second-order valence-electron chi connectivity index (χ2n) is 5.50. The normalized spacial score (nSPS) is 12.1. The third kappa shape index (κ3) is 5.92. The van der Waals surface area contributed by atoms with E-state index < -0.39 is 21.6 Å². The Hall–Kier alpha value is -2.15. The van der Waals surface area contributed by atoms with Gasteiger partial charge in [-0.25, -0.2) is 0 Å². The molecule has 0 bridgehead atoms. The van der Waals surface area contributed by atoms with Gasteiger partial charge in [-0.05, 0) is 29.8 Å². The molecule has 0 aliphatic carbocycles. The van der Waals surface area contributed by atoms with Crippen LogP contribution >= 0.6 is 34.8 Å². The number of amides is 2. The molecule has 0 spiro atoms. The number of alkyl halides is 3. The predicted molar refractivity (Wildman–Crippen MR) is 106 cm³/mol. The molecule has 0 aliphatic rings. The van der Waals surface area contributed by atoms with Crippen LogP contribution in [0.3, 0.4) is 0 Å². The highest BCUT2D eigenvalue weighted by Gasteiger charge is 2.45. The van der Waals surface area contributed by atoms with Crippen LogP contribution in [0.5, 0.6) is 0 Å². The number of carbonyl (C=O) groups excluding carboxylic acids is 2. The molecule has 2 amide bonds. The van der Waals surface area contributed by atoms with Crippen LogP contribution in [-0.2, 0) is 11.3 Å². The van der Waals surface area contributed by atoms with Crippen molar-refractivity contribution in [3.05, 3.63) is 72.8 Å². The molecular weight excluding hydrogens is 411 g/mol. The molecule has 2 rings (SSSR count). The van der Waals surface area contributed by atoms with Crippen molar-refractivity contribution in [2.75, 3.05) is 6.54 Å². The molecule has 27 heavy (non-hydrogen) atoms. The highest BCUT2D eigenvalue weighted by atomic mass is 35.6. The zero-order valence-electron chi connectivity index (χ0n) is 14.2. The van der Waals surface area contributed by atoms with Crippen LogP contribution in [0.15, 0.2) is 61.7 Å². The molecule has 1 unspecified atom stereocenters. The van der Waals surface area contributed by atoms with Crippen molar-refractivity contribution in [2.45, 2.75) is 16.4 Å². The Kier molecular flexibility index (Phi) is 7.59. The topological polar surface area (TPSA) is 75.2 Å². The third-order valence-corrected chi connectivity index (χ3v) is 4.20. The van der Waals surface area contributed by atoms with Gasteiger partial charge in [0.2, 0.25) is 9.70 Å². The van der Waals surface area contributed by atoms with Crippen molar-refractivity contribution in [1.29, 1.82) is 0 Å². The summed E-state index contributed by atoms with van der Waals surface area (Å²) in [7, 11) is 0. The van der Waals surface area contributed by atoms with E-state index in [0.717, 1.165) is 5.56 Å². The standard InChI is InChI=1S/C18H17Cl3N4O2/c1-2-7-24-16(26)15(18(19,20)21)25(12-13-3-8-22-9-4-13)17(27)14-5-10-23-11-6-14/h2-6,8-11,15H,1,7,12H2,(H,24,26). The summed E-state index contributed by atoms with van der Waals surface area (Å²) in [5.41, 5.74) is 1.04. The van der Waals surface area contributed by atoms with Gasteiger partial charge in [0.15, 0.2) is 6.04 Å². The minimum Gasteiger partial charge on any atom is -0.351 e. The lowest BCUT2D eigenvalue weighted by molar-refractivity contribution is -0.125. The maximum atomic E-state index is 13.1. The number of aromatic nitrogens is 2. The lowest BCUT2D eigenvalue weighted by Gasteiger charge is -2.35. The monoisotopic (exact) mass is 426 g/mol. The van der Waals surface area contributed by atoms with E-state index in [9.17, 15) is 9.59 Å². The van der Waals surface area contributed by atoms with E-state index >= 15 is 0 Å². The fraction of sp³-hybridized carbons (Fsp3) is 0.222. The summed E-state index contributed by atoms with van der Waals surface area (Å²) < 4.78 is -2.05. The maximum absolute atomic E-state index is 13.1. The second-order valence-corrected chi connectivity index (χ2v) is 7.87. The minimum atomic E-state index is -2.05. The molecule has 2 aromatic rings. The SMILES string of the molecule is C=CCNC(=O)C(N(Cc1ccncc1)C(=O)c1ccncc1)C(Cl)(Cl)Cl. The van der Waals surface area contributed by atoms with Crippen LogP contribution in [0.1, 0.15) is 15.9 Å². The van der Waals surface area contributed by atoms with Crippen molar-refractivity contribution in [2.24, 2.45) is 0 Å². The molecule has 9 heteroatoms. The number of nitrogens with one attached hydrogen (secondary N) is 1. The Bertz CT molecular complexity index is 782. The van der Waals surface area contributed by atoms with E-state index in [1.165, 1.54) is 35.5 Å². The number of hydrogen-bond donors (Lipinski definition) is 1. The smallest absolute Gasteiger partial charge is 0.255 e. The lowest BCUT2D eigenvalue weighted by atomic mass is 10.1. The van der Waals surface area contributed by atoms with E-state index in [0.29, 0.717) is 5.56 Å². The summed E-state index contributed by atoms with van der Waals surface area (Å²) in [6.07, 6.45) is 7.59. The van der Waals surface area contributed by atoms with Crippen molar-refractivity contribution in [3.8, 4) is 0 Å². The average molecular weight is 428 g/mol. The molecule has 0 aliphatic heterocycles. The summed E-state index contributed by atoms with van der Waals surface area (Å²) in [6, 6.07) is 5.11. The lowest BCUT2D eigenvalue weighted by Crippen LogP contribution is -2.55. The third-order valence-electron chi connectivity index (χ3n) is 3.58. The van der Waals surface area contributed by atoms with Gasteiger partial charge in [-0.2, -0.15) is 0 Å². The van der Waals surface area contributed by atoms with Crippen LogP contribution in [-0.4, -0.2) is 43.1 Å². The zero-order chi connectivity index (χ0) is 19.9. The van der Waals surface area contributed by atoms with Crippen molar-refractivity contribution >= 4 is 46.6 Å². The van der Waals surface area contributed by atoms with Gasteiger partial charge in [-0.1, -0.05) is 40.9 Å². The fourth-order valence-electron chi connectivity index (χ4n) is 2.36. The molecule has 6 nitrogen and oxygen atoms in total. The highest BCUT2D eigenvalue weighted by molar-refractivity contribution is 6.69. The number of hydrogen-bond acceptors (Lipinski definition) is 4. The Morgan fingerprint density at radius 1 is 1.11 bits per heavy atom. The summed E-state index contributed by atoms with van der Waals surface area (Å²) in [5.74, 6) is -1.08. The molecule has 0 saturated carbocycles. The van der Waals surface area contributed by atoms with Gasteiger partial charge < -0.3 is 10.2 Å². The van der Waals surface area contributed by atoms with Crippen molar-refractivity contribution < 1.29 is 9.59 Å². The van der Waals surface area contributed by atoms with E-state index in [1.54, 1.807) is 24.5 Å². The van der Waals surface area contributed by atoms with Gasteiger partial charge in [-0.3, -0.25) is 19.6 Å². The molecule has 2 heterocycles. The molecule has 0 fully saturated rings. The Morgan fingerprint density at radius 2 is 1.67 bits per heavy atom. The fourth-order valence-corrected chi connectivity index (χ4v) is 3.01. The van der Waals surface area contributed by atoms with Gasteiger partial charge in [0.25, 0.3) is 5.91 Å². The number of halogens is 3. The molecule has 0 aromatic carbocycles. The molecule has 0 saturated heterocycles. The van der Waals surface area contributed by atoms with Crippen LogP contribution in [0, 0.1) is 0 Å². The Labute approximate surface area is 172 Å². The molecule has 1 atom stereocenters. The predicted octanol–water partition coefficient (Wildman–Crippen LogP) is 3.16. The van der Waals surface area contributed by atoms with Crippen LogP contribution in [0.4, 0.5) is 0 Å². The van der Waals surface area contributed by atoms with Crippen LogP contribution in [0.25, 0.3) is 0 Å². The summed E-state index contributed by atoms with van der Waals surface area (Å²) >= 11 is 18.3. The maximum Gasteiger partial charge on any atom is 0.255 e. The van der Waals surface area contributed by atoms with E-state index in [1.807, 2.05) is 0 Å². The van der Waals surface area contributed by atoms with Crippen LogP contribution < -0.4 is 5.32 Å². The molecular formula is C18H17Cl3N4O2. The van der Waals surface area contributed by atoms with Crippen molar-refractivity contribution in [3.63, 3.8) is 0 Å². The summed E-state index contributed by atoms with van der Waals surface area (Å²) in [5, 5.41) is 2.58. The Balaban J connectivity index is 2.45. The summed E-state index contributed by atoms with van der Waals surface area (Å²) in [4.78, 5) is 34.9. The van der Waals surface area contributed by atoms with E-state index in [4.69, 9.17) is 34.8 Å². The molecule has 2 aromatic heterocycles.